The largest absolute Gasteiger partial charge is 0.480 e. The van der Waals surface area contributed by atoms with Crippen LogP contribution in [0, 0.1) is 0 Å². The number of ether oxygens (including phenoxy) is 1. The number of carbonyl (C=O) groups is 2. The van der Waals surface area contributed by atoms with Crippen molar-refractivity contribution in [3.05, 3.63) is 35.9 Å². The molecule has 1 aromatic rings. The van der Waals surface area contributed by atoms with Crippen LogP contribution in [-0.4, -0.2) is 48.3 Å². The molecule has 2 N–H and O–H groups in total. The highest BCUT2D eigenvalue weighted by Crippen LogP contribution is 2.05. The van der Waals surface area contributed by atoms with Gasteiger partial charge in [-0.1, -0.05) is 30.3 Å². The Balaban J connectivity index is 2.62. The van der Waals surface area contributed by atoms with E-state index in [1.54, 1.807) is 4.90 Å². The molecule has 0 heterocycles. The Kier molecular flexibility index (Phi) is 7.25. The van der Waals surface area contributed by atoms with Gasteiger partial charge in [-0.2, -0.15) is 0 Å². The van der Waals surface area contributed by atoms with E-state index in [0.717, 1.165) is 5.56 Å². The Morgan fingerprint density at radius 2 is 2.00 bits per heavy atom. The first-order valence-corrected chi connectivity index (χ1v) is 6.89. The van der Waals surface area contributed by atoms with Crippen LogP contribution >= 0.6 is 0 Å². The molecule has 0 aliphatic rings. The number of hydrogen-bond donors (Lipinski definition) is 2. The minimum Gasteiger partial charge on any atom is -0.480 e. The maximum absolute atomic E-state index is 12.2. The van der Waals surface area contributed by atoms with Gasteiger partial charge < -0.3 is 20.1 Å². The number of urea groups is 1. The topological polar surface area (TPSA) is 78.9 Å². The molecule has 0 spiro atoms. The maximum Gasteiger partial charge on any atom is 0.326 e. The van der Waals surface area contributed by atoms with Crippen molar-refractivity contribution in [3.63, 3.8) is 0 Å². The first kappa shape index (κ1) is 17.0. The average Bonchev–Trinajstić information content (AvgIpc) is 2.49. The summed E-state index contributed by atoms with van der Waals surface area (Å²) in [7, 11) is 1.49. The summed E-state index contributed by atoms with van der Waals surface area (Å²) >= 11 is 0. The van der Waals surface area contributed by atoms with E-state index in [4.69, 9.17) is 9.84 Å². The molecule has 0 radical (unpaired) electrons. The number of carboxylic acid groups (broad SMARTS) is 1. The third-order valence-electron chi connectivity index (χ3n) is 3.09. The minimum atomic E-state index is -1.06. The Morgan fingerprint density at radius 3 is 2.52 bits per heavy atom. The Labute approximate surface area is 124 Å². The van der Waals surface area contributed by atoms with Gasteiger partial charge in [-0.3, -0.25) is 0 Å². The van der Waals surface area contributed by atoms with Gasteiger partial charge in [0.05, 0.1) is 0 Å². The Bertz CT molecular complexity index is 450. The van der Waals surface area contributed by atoms with E-state index < -0.39 is 12.0 Å². The highest BCUT2D eigenvalue weighted by atomic mass is 16.5. The van der Waals surface area contributed by atoms with Crippen LogP contribution in [0.3, 0.4) is 0 Å². The van der Waals surface area contributed by atoms with Gasteiger partial charge in [-0.25, -0.2) is 9.59 Å². The molecule has 1 aromatic carbocycles. The van der Waals surface area contributed by atoms with Gasteiger partial charge in [0.2, 0.25) is 0 Å². The molecule has 1 atom stereocenters. The van der Waals surface area contributed by atoms with Crippen molar-refractivity contribution in [3.8, 4) is 0 Å². The molecule has 6 nitrogen and oxygen atoms in total. The SMILES string of the molecule is CCN(Cc1ccccc1)C(=O)NC(CCOC)C(=O)O. The molecule has 0 aliphatic carbocycles. The number of nitrogens with one attached hydrogen (secondary N) is 1. The monoisotopic (exact) mass is 294 g/mol. The molecule has 1 unspecified atom stereocenters. The van der Waals surface area contributed by atoms with Gasteiger partial charge >= 0.3 is 12.0 Å². The second kappa shape index (κ2) is 8.97. The van der Waals surface area contributed by atoms with Crippen LogP contribution in [0.4, 0.5) is 4.79 Å². The molecule has 0 bridgehead atoms. The Morgan fingerprint density at radius 1 is 1.33 bits per heavy atom. The van der Waals surface area contributed by atoms with Crippen molar-refractivity contribution in [1.29, 1.82) is 0 Å². The van der Waals surface area contributed by atoms with Crippen LogP contribution in [0.15, 0.2) is 30.3 Å². The van der Waals surface area contributed by atoms with Crippen molar-refractivity contribution in [2.24, 2.45) is 0 Å². The highest BCUT2D eigenvalue weighted by Gasteiger charge is 2.22. The van der Waals surface area contributed by atoms with Crippen LogP contribution < -0.4 is 5.32 Å². The summed E-state index contributed by atoms with van der Waals surface area (Å²) in [6.45, 7) is 3.08. The van der Waals surface area contributed by atoms with Gasteiger partial charge in [0.15, 0.2) is 0 Å². The molecule has 116 valence electrons. The predicted octanol–water partition coefficient (Wildman–Crippen LogP) is 1.71. The Hall–Kier alpha value is -2.08. The van der Waals surface area contributed by atoms with Crippen molar-refractivity contribution < 1.29 is 19.4 Å². The maximum atomic E-state index is 12.2. The summed E-state index contributed by atoms with van der Waals surface area (Å²) in [4.78, 5) is 24.9. The fraction of sp³-hybridized carbons (Fsp3) is 0.467. The lowest BCUT2D eigenvalue weighted by molar-refractivity contribution is -0.139. The van der Waals surface area contributed by atoms with E-state index in [1.807, 2.05) is 37.3 Å². The summed E-state index contributed by atoms with van der Waals surface area (Å²) < 4.78 is 4.86. The number of carbonyl (C=O) groups excluding carboxylic acids is 1. The number of aliphatic carboxylic acids is 1. The zero-order valence-electron chi connectivity index (χ0n) is 12.4. The normalized spacial score (nSPS) is 11.7. The third kappa shape index (κ3) is 5.83. The quantitative estimate of drug-likeness (QED) is 0.765. The van der Waals surface area contributed by atoms with E-state index in [-0.39, 0.29) is 19.1 Å². The number of carboxylic acids is 1. The third-order valence-corrected chi connectivity index (χ3v) is 3.09. The number of methoxy groups -OCH3 is 1. The zero-order valence-corrected chi connectivity index (χ0v) is 12.4. The lowest BCUT2D eigenvalue weighted by Crippen LogP contribution is -2.48. The average molecular weight is 294 g/mol. The van der Waals surface area contributed by atoms with Gasteiger partial charge in [0, 0.05) is 33.2 Å². The van der Waals surface area contributed by atoms with Crippen LogP contribution in [0.5, 0.6) is 0 Å². The molecule has 1 rings (SSSR count). The van der Waals surface area contributed by atoms with Gasteiger partial charge in [0.1, 0.15) is 6.04 Å². The van der Waals surface area contributed by atoms with E-state index in [0.29, 0.717) is 13.1 Å². The molecule has 0 aromatic heterocycles. The second-order valence-corrected chi connectivity index (χ2v) is 4.62. The molecule has 0 saturated carbocycles. The number of rotatable bonds is 8. The predicted molar refractivity (Wildman–Crippen MR) is 79.0 cm³/mol. The summed E-state index contributed by atoms with van der Waals surface area (Å²) in [5, 5.41) is 11.6. The van der Waals surface area contributed by atoms with Gasteiger partial charge in [-0.05, 0) is 12.5 Å². The summed E-state index contributed by atoms with van der Waals surface area (Å²) in [5.41, 5.74) is 0.998. The van der Waals surface area contributed by atoms with Crippen LogP contribution in [-0.2, 0) is 16.1 Å². The zero-order chi connectivity index (χ0) is 15.7. The second-order valence-electron chi connectivity index (χ2n) is 4.62. The minimum absolute atomic E-state index is 0.237. The first-order valence-electron chi connectivity index (χ1n) is 6.89. The standard InChI is InChI=1S/C15H22N2O4/c1-3-17(11-12-7-5-4-6-8-12)15(20)16-13(14(18)19)9-10-21-2/h4-8,13H,3,9-11H2,1-2H3,(H,16,20)(H,18,19). The van der Waals surface area contributed by atoms with E-state index in [2.05, 4.69) is 5.32 Å². The van der Waals surface area contributed by atoms with Crippen molar-refractivity contribution in [1.82, 2.24) is 10.2 Å². The molecule has 0 aliphatic heterocycles. The first-order chi connectivity index (χ1) is 10.1. The van der Waals surface area contributed by atoms with Crippen molar-refractivity contribution in [2.45, 2.75) is 25.9 Å². The smallest absolute Gasteiger partial charge is 0.326 e. The van der Waals surface area contributed by atoms with E-state index in [9.17, 15) is 9.59 Å². The van der Waals surface area contributed by atoms with Crippen molar-refractivity contribution >= 4 is 12.0 Å². The number of benzene rings is 1. The van der Waals surface area contributed by atoms with Gasteiger partial charge in [0.25, 0.3) is 0 Å². The molecule has 6 heteroatoms. The lowest BCUT2D eigenvalue weighted by Gasteiger charge is -2.24. The lowest BCUT2D eigenvalue weighted by atomic mass is 10.2. The van der Waals surface area contributed by atoms with Crippen molar-refractivity contribution in [2.75, 3.05) is 20.3 Å². The fourth-order valence-electron chi connectivity index (χ4n) is 1.86. The van der Waals surface area contributed by atoms with Crippen LogP contribution in [0.25, 0.3) is 0 Å². The van der Waals surface area contributed by atoms with E-state index >= 15 is 0 Å². The summed E-state index contributed by atoms with van der Waals surface area (Å²) in [6.07, 6.45) is 0.237. The summed E-state index contributed by atoms with van der Waals surface area (Å²) in [5.74, 6) is -1.06. The number of nitrogens with zero attached hydrogens (tertiary/aromatic N) is 1. The molecule has 21 heavy (non-hydrogen) atoms. The van der Waals surface area contributed by atoms with E-state index in [1.165, 1.54) is 7.11 Å². The van der Waals surface area contributed by atoms with Crippen LogP contribution in [0.1, 0.15) is 18.9 Å². The molecule has 0 fully saturated rings. The van der Waals surface area contributed by atoms with Gasteiger partial charge in [-0.15, -0.1) is 0 Å². The van der Waals surface area contributed by atoms with Crippen LogP contribution in [0.2, 0.25) is 0 Å². The number of hydrogen-bond acceptors (Lipinski definition) is 3. The summed E-state index contributed by atoms with van der Waals surface area (Å²) in [6, 6.07) is 8.24. The fourth-order valence-corrected chi connectivity index (χ4v) is 1.86. The molecular weight excluding hydrogens is 272 g/mol. The highest BCUT2D eigenvalue weighted by molar-refractivity contribution is 5.82. The molecule has 2 amide bonds. The molecule has 0 saturated heterocycles. The number of amides is 2. The molecular formula is C15H22N2O4.